The molecule has 0 amide bonds. The number of rotatable bonds is 6. The average molecular weight is 335 g/mol. The van der Waals surface area contributed by atoms with Crippen LogP contribution in [0.25, 0.3) is 0 Å². The van der Waals surface area contributed by atoms with Crippen molar-refractivity contribution < 1.29 is 49.4 Å². The van der Waals surface area contributed by atoms with Crippen LogP contribution in [0.1, 0.15) is 40.1 Å². The molecule has 5 nitrogen and oxygen atoms in total. The van der Waals surface area contributed by atoms with Crippen molar-refractivity contribution in [2.24, 2.45) is 0 Å². The number of hydrogen-bond donors (Lipinski definition) is 1. The van der Waals surface area contributed by atoms with E-state index < -0.39 is 17.5 Å². The molecule has 0 saturated heterocycles. The van der Waals surface area contributed by atoms with E-state index >= 15 is 0 Å². The minimum Gasteiger partial charge on any atom is -0.872 e. The van der Waals surface area contributed by atoms with Crippen LogP contribution in [0.3, 0.4) is 0 Å². The number of carboxylic acids is 1. The molecule has 0 fully saturated rings. The van der Waals surface area contributed by atoms with E-state index in [0.717, 1.165) is 18.8 Å². The summed E-state index contributed by atoms with van der Waals surface area (Å²) in [5.74, 6) is -2.17. The molecule has 0 aliphatic rings. The van der Waals surface area contributed by atoms with Crippen molar-refractivity contribution in [1.29, 1.82) is 0 Å². The van der Waals surface area contributed by atoms with Crippen molar-refractivity contribution in [3.8, 4) is 5.75 Å². The predicted molar refractivity (Wildman–Crippen MR) is 86.3 cm³/mol. The van der Waals surface area contributed by atoms with Gasteiger partial charge in [-0.1, -0.05) is 23.9 Å². The van der Waals surface area contributed by atoms with Crippen LogP contribution in [0.5, 0.6) is 5.75 Å². The van der Waals surface area contributed by atoms with Gasteiger partial charge in [-0.25, -0.2) is 4.79 Å². The van der Waals surface area contributed by atoms with Crippen molar-refractivity contribution >= 4 is 17.4 Å². The second-order valence-corrected chi connectivity index (χ2v) is 5.03. The quantitative estimate of drug-likeness (QED) is 0.571. The molecule has 24 heavy (non-hydrogen) atoms. The zero-order chi connectivity index (χ0) is 17.0. The van der Waals surface area contributed by atoms with Crippen LogP contribution < -0.4 is 39.6 Å². The molecule has 120 valence electrons. The maximum atomic E-state index is 12.5. The maximum Gasteiger partial charge on any atom is 1.00 e. The molecule has 0 saturated carbocycles. The summed E-state index contributed by atoms with van der Waals surface area (Å²) in [5.41, 5.74) is 0.648. The Labute approximate surface area is 163 Å². The fourth-order valence-electron chi connectivity index (χ4n) is 2.50. The van der Waals surface area contributed by atoms with Crippen LogP contribution in [0, 0.1) is 0 Å². The second-order valence-electron chi connectivity index (χ2n) is 5.03. The molecule has 0 heterocycles. The first kappa shape index (κ1) is 20.2. The number of nitrogens with zero attached hydrogens (tertiary/aromatic N) is 1. The molecular weight excluding hydrogens is 317 g/mol. The van der Waals surface area contributed by atoms with E-state index in [0.29, 0.717) is 0 Å². The van der Waals surface area contributed by atoms with E-state index in [1.54, 1.807) is 18.2 Å². The number of carbonyl (C=O) groups is 2. The number of aromatic carboxylic acids is 1. The van der Waals surface area contributed by atoms with E-state index in [9.17, 15) is 19.8 Å². The summed E-state index contributed by atoms with van der Waals surface area (Å²) in [7, 11) is 0. The van der Waals surface area contributed by atoms with Crippen molar-refractivity contribution in [1.82, 2.24) is 0 Å². The largest absolute Gasteiger partial charge is 1.00 e. The van der Waals surface area contributed by atoms with Gasteiger partial charge in [-0.3, -0.25) is 4.79 Å². The number of carbonyl (C=O) groups excluding carboxylic acids is 1. The fourth-order valence-corrected chi connectivity index (χ4v) is 2.50. The van der Waals surface area contributed by atoms with Gasteiger partial charge in [0.05, 0.1) is 5.56 Å². The summed E-state index contributed by atoms with van der Waals surface area (Å²) in [6.07, 6.45) is 0. The summed E-state index contributed by atoms with van der Waals surface area (Å²) < 4.78 is 0. The number of ketones is 1. The zero-order valence-electron chi connectivity index (χ0n) is 14.1. The third-order valence-electron chi connectivity index (χ3n) is 3.74. The molecule has 0 radical (unpaired) electrons. The average Bonchev–Trinajstić information content (AvgIpc) is 2.55. The number of anilines is 1. The molecule has 0 aliphatic carbocycles. The fraction of sp³-hybridized carbons (Fsp3) is 0.222. The van der Waals surface area contributed by atoms with Crippen molar-refractivity contribution in [3.63, 3.8) is 0 Å². The van der Waals surface area contributed by atoms with Gasteiger partial charge in [0.15, 0.2) is 5.78 Å². The summed E-state index contributed by atoms with van der Waals surface area (Å²) >= 11 is 0. The van der Waals surface area contributed by atoms with Crippen LogP contribution in [-0.4, -0.2) is 29.9 Å². The minimum absolute atomic E-state index is 0. The molecule has 0 bridgehead atoms. The summed E-state index contributed by atoms with van der Waals surface area (Å²) in [4.78, 5) is 25.8. The summed E-state index contributed by atoms with van der Waals surface area (Å²) in [6, 6.07) is 10.5. The molecule has 1 N–H and O–H groups in total. The Morgan fingerprint density at radius 3 is 2.08 bits per heavy atom. The number of carboxylic acid groups (broad SMARTS) is 1. The van der Waals surface area contributed by atoms with Crippen LogP contribution in [0.2, 0.25) is 0 Å². The molecule has 0 aliphatic heterocycles. The maximum absolute atomic E-state index is 12.5. The van der Waals surface area contributed by atoms with Crippen molar-refractivity contribution in [3.05, 3.63) is 59.2 Å². The van der Waals surface area contributed by atoms with Gasteiger partial charge in [0.2, 0.25) is 0 Å². The molecule has 2 aromatic rings. The predicted octanol–water partition coefficient (Wildman–Crippen LogP) is -0.460. The Balaban J connectivity index is 0.00000288. The van der Waals surface area contributed by atoms with Gasteiger partial charge < -0.3 is 15.1 Å². The first-order chi connectivity index (χ1) is 11.0. The third-order valence-corrected chi connectivity index (χ3v) is 3.74. The van der Waals surface area contributed by atoms with E-state index in [1.807, 2.05) is 18.7 Å². The standard InChI is InChI=1S/C18H19NO4.Na/c1-3-19(4-2)12-9-10-15(16(20)11-12)17(21)13-7-5-6-8-14(13)18(22)23;/h5-11,20H,3-4H2,1-2H3,(H,22,23);/q;+1/p-1. The Kier molecular flexibility index (Phi) is 7.48. The van der Waals surface area contributed by atoms with Crippen molar-refractivity contribution in [2.45, 2.75) is 13.8 Å². The smallest absolute Gasteiger partial charge is 0.872 e. The minimum atomic E-state index is -1.19. The van der Waals surface area contributed by atoms with Gasteiger partial charge in [-0.2, -0.15) is 0 Å². The Bertz CT molecular complexity index is 742. The molecule has 0 aromatic heterocycles. The van der Waals surface area contributed by atoms with Gasteiger partial charge in [0.25, 0.3) is 0 Å². The summed E-state index contributed by atoms with van der Waals surface area (Å²) in [6.45, 7) is 5.47. The third kappa shape index (κ3) is 4.17. The van der Waals surface area contributed by atoms with E-state index in [2.05, 4.69) is 0 Å². The van der Waals surface area contributed by atoms with E-state index in [-0.39, 0.29) is 46.2 Å². The zero-order valence-corrected chi connectivity index (χ0v) is 16.1. The number of hydrogen-bond acceptors (Lipinski definition) is 4. The van der Waals surface area contributed by atoms with E-state index in [4.69, 9.17) is 0 Å². The Morgan fingerprint density at radius 1 is 1.00 bits per heavy atom. The first-order valence-electron chi connectivity index (χ1n) is 7.42. The van der Waals surface area contributed by atoms with Gasteiger partial charge in [0, 0.05) is 29.9 Å². The van der Waals surface area contributed by atoms with Gasteiger partial charge in [-0.15, -0.1) is 0 Å². The molecule has 0 atom stereocenters. The molecule has 6 heteroatoms. The molecule has 2 aromatic carbocycles. The first-order valence-corrected chi connectivity index (χ1v) is 7.42. The van der Waals surface area contributed by atoms with Gasteiger partial charge >= 0.3 is 35.5 Å². The Morgan fingerprint density at radius 2 is 1.58 bits per heavy atom. The monoisotopic (exact) mass is 335 g/mol. The number of benzene rings is 2. The summed E-state index contributed by atoms with van der Waals surface area (Å²) in [5, 5.41) is 21.5. The van der Waals surface area contributed by atoms with Crippen LogP contribution in [-0.2, 0) is 0 Å². The topological polar surface area (TPSA) is 80.7 Å². The molecule has 0 unspecified atom stereocenters. The van der Waals surface area contributed by atoms with Crippen molar-refractivity contribution in [2.75, 3.05) is 18.0 Å². The molecule has 0 spiro atoms. The van der Waals surface area contributed by atoms with Gasteiger partial charge in [-0.05, 0) is 38.1 Å². The van der Waals surface area contributed by atoms with Crippen LogP contribution >= 0.6 is 0 Å². The normalized spacial score (nSPS) is 9.92. The second kappa shape index (κ2) is 8.87. The molecule has 2 rings (SSSR count). The van der Waals surface area contributed by atoms with Crippen LogP contribution in [0.15, 0.2) is 42.5 Å². The molecular formula is C18H18NNaO4. The SMILES string of the molecule is CCN(CC)c1ccc(C(=O)c2ccccc2C(=O)O)c([O-])c1.[Na+]. The van der Waals surface area contributed by atoms with Gasteiger partial charge in [0.1, 0.15) is 0 Å². The van der Waals surface area contributed by atoms with Crippen LogP contribution in [0.4, 0.5) is 5.69 Å². The van der Waals surface area contributed by atoms with E-state index in [1.165, 1.54) is 24.3 Å². The Hall–Kier alpha value is -1.82.